The average molecular weight is 421 g/mol. The van der Waals surface area contributed by atoms with Crippen molar-refractivity contribution in [2.75, 3.05) is 12.4 Å². The largest absolute Gasteiger partial charge is 0.497 e. The zero-order valence-electron chi connectivity index (χ0n) is 15.1. The zero-order valence-corrected chi connectivity index (χ0v) is 16.7. The van der Waals surface area contributed by atoms with E-state index in [0.717, 1.165) is 27.0 Å². The van der Waals surface area contributed by atoms with E-state index in [1.807, 2.05) is 60.7 Å². The van der Waals surface area contributed by atoms with E-state index in [-0.39, 0.29) is 12.0 Å². The van der Waals surface area contributed by atoms with Crippen LogP contribution < -0.4 is 10.1 Å². The van der Waals surface area contributed by atoms with Crippen LogP contribution in [0.2, 0.25) is 0 Å². The minimum atomic E-state index is -0.229. The van der Waals surface area contributed by atoms with Gasteiger partial charge in [0.1, 0.15) is 5.75 Å². The fourth-order valence-electron chi connectivity index (χ4n) is 3.10. The maximum Gasteiger partial charge on any atom is 0.119 e. The summed E-state index contributed by atoms with van der Waals surface area (Å²) >= 11 is 3.65. The van der Waals surface area contributed by atoms with E-state index in [0.29, 0.717) is 6.42 Å². The van der Waals surface area contributed by atoms with Crippen LogP contribution in [0, 0.1) is 17.2 Å². The standard InChI is InChI=1S/C23H21BrN2O/c1-27-20-13-11-19(12-14-20)26-23(21-9-5-6-10-22(21)24)18(16-25)15-17-7-3-2-4-8-17/h2-14,18,23,26H,15H2,1H3/t18-,23-/m0/s1. The van der Waals surface area contributed by atoms with Crippen molar-refractivity contribution in [3.8, 4) is 11.8 Å². The van der Waals surface area contributed by atoms with Gasteiger partial charge < -0.3 is 10.1 Å². The highest BCUT2D eigenvalue weighted by molar-refractivity contribution is 9.10. The number of nitrogens with one attached hydrogen (secondary N) is 1. The van der Waals surface area contributed by atoms with E-state index >= 15 is 0 Å². The summed E-state index contributed by atoms with van der Waals surface area (Å²) in [6, 6.07) is 28.3. The molecule has 3 rings (SSSR count). The molecule has 1 N–H and O–H groups in total. The van der Waals surface area contributed by atoms with Crippen LogP contribution in [0.25, 0.3) is 0 Å². The summed E-state index contributed by atoms with van der Waals surface area (Å²) < 4.78 is 6.23. The van der Waals surface area contributed by atoms with Crippen LogP contribution in [-0.4, -0.2) is 7.11 Å². The van der Waals surface area contributed by atoms with Gasteiger partial charge in [0.2, 0.25) is 0 Å². The number of ether oxygens (including phenoxy) is 1. The molecule has 0 aliphatic heterocycles. The Bertz CT molecular complexity index is 904. The highest BCUT2D eigenvalue weighted by Crippen LogP contribution is 2.34. The van der Waals surface area contributed by atoms with Gasteiger partial charge in [0.05, 0.1) is 25.1 Å². The maximum atomic E-state index is 9.94. The van der Waals surface area contributed by atoms with Crippen molar-refractivity contribution in [2.45, 2.75) is 12.5 Å². The lowest BCUT2D eigenvalue weighted by Crippen LogP contribution is -2.22. The Morgan fingerprint density at radius 3 is 2.26 bits per heavy atom. The molecular formula is C23H21BrN2O. The normalized spacial score (nSPS) is 12.6. The highest BCUT2D eigenvalue weighted by Gasteiger charge is 2.25. The molecule has 3 nitrogen and oxygen atoms in total. The molecule has 3 aromatic rings. The van der Waals surface area contributed by atoms with Gasteiger partial charge in [0.25, 0.3) is 0 Å². The van der Waals surface area contributed by atoms with Crippen molar-refractivity contribution in [1.29, 1.82) is 5.26 Å². The second-order valence-corrected chi connectivity index (χ2v) is 7.15. The van der Waals surface area contributed by atoms with Gasteiger partial charge in [-0.05, 0) is 47.9 Å². The first-order valence-electron chi connectivity index (χ1n) is 8.80. The third-order valence-electron chi connectivity index (χ3n) is 4.52. The zero-order chi connectivity index (χ0) is 19.1. The van der Waals surface area contributed by atoms with Crippen LogP contribution in [0.4, 0.5) is 5.69 Å². The third-order valence-corrected chi connectivity index (χ3v) is 5.24. The quantitative estimate of drug-likeness (QED) is 0.510. The van der Waals surface area contributed by atoms with Crippen LogP contribution in [0.15, 0.2) is 83.3 Å². The highest BCUT2D eigenvalue weighted by atomic mass is 79.9. The molecule has 0 aliphatic carbocycles. The summed E-state index contributed by atoms with van der Waals surface area (Å²) in [5.74, 6) is 0.576. The summed E-state index contributed by atoms with van der Waals surface area (Å²) in [5, 5.41) is 13.5. The molecule has 0 aromatic heterocycles. The Kier molecular flexibility index (Phi) is 6.51. The van der Waals surface area contributed by atoms with Gasteiger partial charge in [-0.3, -0.25) is 0 Å². The van der Waals surface area contributed by atoms with Crippen molar-refractivity contribution in [3.05, 3.63) is 94.5 Å². The Hall–Kier alpha value is -2.77. The maximum absolute atomic E-state index is 9.94. The summed E-state index contributed by atoms with van der Waals surface area (Å²) in [4.78, 5) is 0. The summed E-state index contributed by atoms with van der Waals surface area (Å²) in [6.45, 7) is 0. The third kappa shape index (κ3) is 4.90. The second kappa shape index (κ2) is 9.25. The molecule has 4 heteroatoms. The summed E-state index contributed by atoms with van der Waals surface area (Å²) in [6.07, 6.45) is 0.673. The van der Waals surface area contributed by atoms with Crippen molar-refractivity contribution >= 4 is 21.6 Å². The molecule has 0 unspecified atom stereocenters. The number of hydrogen-bond acceptors (Lipinski definition) is 3. The van der Waals surface area contributed by atoms with Gasteiger partial charge in [-0.15, -0.1) is 0 Å². The number of nitrogens with zero attached hydrogens (tertiary/aromatic N) is 1. The minimum Gasteiger partial charge on any atom is -0.497 e. The smallest absolute Gasteiger partial charge is 0.119 e. The number of halogens is 1. The van der Waals surface area contributed by atoms with Crippen LogP contribution in [0.1, 0.15) is 17.2 Å². The van der Waals surface area contributed by atoms with Gasteiger partial charge in [-0.1, -0.05) is 64.5 Å². The number of rotatable bonds is 7. The molecular weight excluding hydrogens is 400 g/mol. The molecule has 0 saturated heterocycles. The van der Waals surface area contributed by atoms with Crippen LogP contribution in [0.5, 0.6) is 5.75 Å². The van der Waals surface area contributed by atoms with E-state index < -0.39 is 0 Å². The van der Waals surface area contributed by atoms with Gasteiger partial charge in [0.15, 0.2) is 0 Å². The van der Waals surface area contributed by atoms with Crippen molar-refractivity contribution in [2.24, 2.45) is 5.92 Å². The monoisotopic (exact) mass is 420 g/mol. The summed E-state index contributed by atoms with van der Waals surface area (Å²) in [7, 11) is 1.65. The Morgan fingerprint density at radius 1 is 0.963 bits per heavy atom. The molecule has 0 radical (unpaired) electrons. The second-order valence-electron chi connectivity index (χ2n) is 6.30. The first-order valence-corrected chi connectivity index (χ1v) is 9.59. The van der Waals surface area contributed by atoms with Gasteiger partial charge in [-0.2, -0.15) is 5.26 Å². The Balaban J connectivity index is 1.93. The van der Waals surface area contributed by atoms with Crippen LogP contribution in [-0.2, 0) is 6.42 Å². The molecule has 0 bridgehead atoms. The fourth-order valence-corrected chi connectivity index (χ4v) is 3.63. The fraction of sp³-hybridized carbons (Fsp3) is 0.174. The SMILES string of the molecule is COc1ccc(N[C@H](c2ccccc2Br)[C@H](C#N)Cc2ccccc2)cc1. The lowest BCUT2D eigenvalue weighted by molar-refractivity contribution is 0.415. The summed E-state index contributed by atoms with van der Waals surface area (Å²) in [5.41, 5.74) is 3.17. The Labute approximate surface area is 168 Å². The first kappa shape index (κ1) is 19.0. The van der Waals surface area contributed by atoms with Gasteiger partial charge >= 0.3 is 0 Å². The molecule has 0 amide bonds. The molecule has 0 aliphatic rings. The molecule has 0 fully saturated rings. The minimum absolute atomic E-state index is 0.154. The number of methoxy groups -OCH3 is 1. The Morgan fingerprint density at radius 2 is 1.63 bits per heavy atom. The van der Waals surface area contributed by atoms with Crippen molar-refractivity contribution < 1.29 is 4.74 Å². The molecule has 27 heavy (non-hydrogen) atoms. The average Bonchev–Trinajstić information content (AvgIpc) is 2.72. The van der Waals surface area contributed by atoms with Gasteiger partial charge in [-0.25, -0.2) is 0 Å². The predicted octanol–water partition coefficient (Wildman–Crippen LogP) is 5.99. The lowest BCUT2D eigenvalue weighted by Gasteiger charge is -2.26. The first-order chi connectivity index (χ1) is 13.2. The number of hydrogen-bond donors (Lipinski definition) is 1. The van der Waals surface area contributed by atoms with E-state index in [9.17, 15) is 5.26 Å². The van der Waals surface area contributed by atoms with Crippen molar-refractivity contribution in [3.63, 3.8) is 0 Å². The molecule has 3 aromatic carbocycles. The van der Waals surface area contributed by atoms with Crippen LogP contribution >= 0.6 is 15.9 Å². The van der Waals surface area contributed by atoms with E-state index in [4.69, 9.17) is 4.74 Å². The topological polar surface area (TPSA) is 45.0 Å². The molecule has 0 heterocycles. The number of nitriles is 1. The van der Waals surface area contributed by atoms with E-state index in [2.05, 4.69) is 45.5 Å². The number of benzene rings is 3. The lowest BCUT2D eigenvalue weighted by atomic mass is 9.88. The predicted molar refractivity (Wildman–Crippen MR) is 113 cm³/mol. The van der Waals surface area contributed by atoms with Crippen molar-refractivity contribution in [1.82, 2.24) is 0 Å². The molecule has 2 atom stereocenters. The van der Waals surface area contributed by atoms with Crippen LogP contribution in [0.3, 0.4) is 0 Å². The van der Waals surface area contributed by atoms with Gasteiger partial charge in [0, 0.05) is 10.2 Å². The molecule has 0 saturated carbocycles. The van der Waals surface area contributed by atoms with E-state index in [1.165, 1.54) is 0 Å². The molecule has 136 valence electrons. The van der Waals surface area contributed by atoms with E-state index in [1.54, 1.807) is 7.11 Å². The molecule has 0 spiro atoms. The number of anilines is 1.